The minimum Gasteiger partial charge on any atom is -0.331 e. The molecule has 0 saturated carbocycles. The monoisotopic (exact) mass is 289 g/mol. The van der Waals surface area contributed by atoms with Gasteiger partial charge in [0.1, 0.15) is 0 Å². The third kappa shape index (κ3) is 2.54. The van der Waals surface area contributed by atoms with Gasteiger partial charge in [0.2, 0.25) is 0 Å². The van der Waals surface area contributed by atoms with E-state index in [-0.39, 0.29) is 5.41 Å². The van der Waals surface area contributed by atoms with E-state index in [0.29, 0.717) is 6.04 Å². The van der Waals surface area contributed by atoms with E-state index in [1.54, 1.807) is 0 Å². The van der Waals surface area contributed by atoms with Crippen LogP contribution >= 0.6 is 11.3 Å². The normalized spacial score (nSPS) is 24.1. The van der Waals surface area contributed by atoms with E-state index in [1.807, 2.05) is 17.7 Å². The molecule has 0 radical (unpaired) electrons. The summed E-state index contributed by atoms with van der Waals surface area (Å²) in [6.07, 6.45) is 6.35. The standard InChI is InChI=1S/C16H23N3S/c1-12(8-14-5-4-13(2)20-14)19-11-18-9-15(19)16(3)6-7-17-10-16/h4-5,9,11-12,17H,6-8,10H2,1-3H3. The fourth-order valence-corrected chi connectivity index (χ4v) is 4.15. The number of aromatic nitrogens is 2. The maximum absolute atomic E-state index is 4.42. The second-order valence-corrected chi connectivity index (χ2v) is 7.61. The molecule has 1 saturated heterocycles. The average Bonchev–Trinajstić information content (AvgIpc) is 3.10. The van der Waals surface area contributed by atoms with Gasteiger partial charge in [-0.25, -0.2) is 4.98 Å². The highest BCUT2D eigenvalue weighted by atomic mass is 32.1. The molecule has 0 bridgehead atoms. The lowest BCUT2D eigenvalue weighted by atomic mass is 9.86. The maximum atomic E-state index is 4.42. The Labute approximate surface area is 125 Å². The maximum Gasteiger partial charge on any atom is 0.0951 e. The lowest BCUT2D eigenvalue weighted by Gasteiger charge is -2.27. The van der Waals surface area contributed by atoms with Gasteiger partial charge in [0.15, 0.2) is 0 Å². The van der Waals surface area contributed by atoms with Crippen LogP contribution in [-0.4, -0.2) is 22.6 Å². The summed E-state index contributed by atoms with van der Waals surface area (Å²) in [5, 5.41) is 3.48. The zero-order valence-corrected chi connectivity index (χ0v) is 13.3. The van der Waals surface area contributed by atoms with Gasteiger partial charge in [-0.05, 0) is 38.9 Å². The summed E-state index contributed by atoms with van der Waals surface area (Å²) < 4.78 is 2.38. The summed E-state index contributed by atoms with van der Waals surface area (Å²) >= 11 is 1.90. The summed E-state index contributed by atoms with van der Waals surface area (Å²) in [4.78, 5) is 7.27. The van der Waals surface area contributed by atoms with Crippen LogP contribution in [0.1, 0.15) is 41.8 Å². The third-order valence-corrected chi connectivity index (χ3v) is 5.44. The molecule has 1 aliphatic rings. The number of nitrogens with zero attached hydrogens (tertiary/aromatic N) is 2. The van der Waals surface area contributed by atoms with Crippen molar-refractivity contribution in [3.8, 4) is 0 Å². The average molecular weight is 289 g/mol. The molecular formula is C16H23N3S. The molecule has 4 heteroatoms. The van der Waals surface area contributed by atoms with E-state index in [0.717, 1.165) is 19.5 Å². The molecule has 3 heterocycles. The van der Waals surface area contributed by atoms with E-state index >= 15 is 0 Å². The molecule has 2 atom stereocenters. The van der Waals surface area contributed by atoms with Gasteiger partial charge >= 0.3 is 0 Å². The summed E-state index contributed by atoms with van der Waals surface area (Å²) in [7, 11) is 0. The van der Waals surface area contributed by atoms with E-state index in [4.69, 9.17) is 0 Å². The molecule has 0 aliphatic carbocycles. The Hall–Kier alpha value is -1.13. The van der Waals surface area contributed by atoms with E-state index in [9.17, 15) is 0 Å². The van der Waals surface area contributed by atoms with Crippen molar-refractivity contribution in [1.29, 1.82) is 0 Å². The highest BCUT2D eigenvalue weighted by Gasteiger charge is 2.34. The fraction of sp³-hybridized carbons (Fsp3) is 0.562. The lowest BCUT2D eigenvalue weighted by molar-refractivity contribution is 0.437. The Morgan fingerprint density at radius 3 is 3.00 bits per heavy atom. The lowest BCUT2D eigenvalue weighted by Crippen LogP contribution is -2.29. The van der Waals surface area contributed by atoms with Crippen molar-refractivity contribution >= 4 is 11.3 Å². The van der Waals surface area contributed by atoms with Crippen molar-refractivity contribution in [2.45, 2.75) is 45.1 Å². The molecule has 20 heavy (non-hydrogen) atoms. The van der Waals surface area contributed by atoms with Gasteiger partial charge in [-0.3, -0.25) is 0 Å². The SMILES string of the molecule is Cc1ccc(CC(C)n2cncc2C2(C)CCNC2)s1. The van der Waals surface area contributed by atoms with Crippen molar-refractivity contribution in [2.24, 2.45) is 0 Å². The molecule has 3 rings (SSSR count). The van der Waals surface area contributed by atoms with Crippen LogP contribution in [-0.2, 0) is 11.8 Å². The van der Waals surface area contributed by atoms with Crippen molar-refractivity contribution in [1.82, 2.24) is 14.9 Å². The first-order valence-corrected chi connectivity index (χ1v) is 8.18. The minimum absolute atomic E-state index is 0.232. The topological polar surface area (TPSA) is 29.9 Å². The number of hydrogen-bond donors (Lipinski definition) is 1. The highest BCUT2D eigenvalue weighted by molar-refractivity contribution is 7.11. The Bertz CT molecular complexity index is 578. The van der Waals surface area contributed by atoms with Crippen LogP contribution in [0.2, 0.25) is 0 Å². The first kappa shape index (κ1) is 13.8. The molecule has 2 unspecified atom stereocenters. The van der Waals surface area contributed by atoms with Crippen LogP contribution in [0.4, 0.5) is 0 Å². The summed E-state index contributed by atoms with van der Waals surface area (Å²) in [5.74, 6) is 0. The quantitative estimate of drug-likeness (QED) is 0.936. The fourth-order valence-electron chi connectivity index (χ4n) is 3.14. The molecule has 0 amide bonds. The van der Waals surface area contributed by atoms with E-state index < -0.39 is 0 Å². The van der Waals surface area contributed by atoms with Crippen LogP contribution in [0.3, 0.4) is 0 Å². The van der Waals surface area contributed by atoms with Gasteiger partial charge in [-0.15, -0.1) is 11.3 Å². The first-order valence-electron chi connectivity index (χ1n) is 7.37. The van der Waals surface area contributed by atoms with E-state index in [1.165, 1.54) is 21.9 Å². The molecule has 0 aromatic carbocycles. The zero-order valence-electron chi connectivity index (χ0n) is 12.5. The Morgan fingerprint density at radius 1 is 1.50 bits per heavy atom. The Balaban J connectivity index is 1.82. The van der Waals surface area contributed by atoms with Crippen LogP contribution in [0.5, 0.6) is 0 Å². The van der Waals surface area contributed by atoms with Crippen molar-refractivity contribution in [2.75, 3.05) is 13.1 Å². The van der Waals surface area contributed by atoms with Crippen LogP contribution in [0.15, 0.2) is 24.7 Å². The van der Waals surface area contributed by atoms with Gasteiger partial charge in [-0.2, -0.15) is 0 Å². The summed E-state index contributed by atoms with van der Waals surface area (Å²) in [6.45, 7) is 8.99. The number of hydrogen-bond acceptors (Lipinski definition) is 3. The first-order chi connectivity index (χ1) is 9.58. The van der Waals surface area contributed by atoms with Gasteiger partial charge in [0.05, 0.1) is 6.33 Å². The summed E-state index contributed by atoms with van der Waals surface area (Å²) in [6, 6.07) is 4.93. The second-order valence-electron chi connectivity index (χ2n) is 6.24. The smallest absolute Gasteiger partial charge is 0.0951 e. The highest BCUT2D eigenvalue weighted by Crippen LogP contribution is 2.32. The number of nitrogens with one attached hydrogen (secondary N) is 1. The molecule has 1 fully saturated rings. The van der Waals surface area contributed by atoms with Gasteiger partial charge < -0.3 is 9.88 Å². The second kappa shape index (κ2) is 5.34. The molecular weight excluding hydrogens is 266 g/mol. The molecule has 2 aromatic rings. The third-order valence-electron chi connectivity index (χ3n) is 4.42. The minimum atomic E-state index is 0.232. The predicted molar refractivity (Wildman–Crippen MR) is 84.5 cm³/mol. The molecule has 3 nitrogen and oxygen atoms in total. The molecule has 1 aliphatic heterocycles. The summed E-state index contributed by atoms with van der Waals surface area (Å²) in [5.41, 5.74) is 1.61. The van der Waals surface area contributed by atoms with Gasteiger partial charge in [0, 0.05) is 46.1 Å². The van der Waals surface area contributed by atoms with Crippen LogP contribution < -0.4 is 5.32 Å². The molecule has 108 valence electrons. The number of aryl methyl sites for hydroxylation is 1. The van der Waals surface area contributed by atoms with Gasteiger partial charge in [0.25, 0.3) is 0 Å². The number of rotatable bonds is 4. The molecule has 1 N–H and O–H groups in total. The Morgan fingerprint density at radius 2 is 2.35 bits per heavy atom. The van der Waals surface area contributed by atoms with Crippen molar-refractivity contribution in [3.63, 3.8) is 0 Å². The van der Waals surface area contributed by atoms with Crippen molar-refractivity contribution in [3.05, 3.63) is 40.1 Å². The van der Waals surface area contributed by atoms with Gasteiger partial charge in [-0.1, -0.05) is 6.92 Å². The Kier molecular flexibility index (Phi) is 3.69. The molecule has 0 spiro atoms. The largest absolute Gasteiger partial charge is 0.331 e. The van der Waals surface area contributed by atoms with Crippen LogP contribution in [0, 0.1) is 6.92 Å². The van der Waals surface area contributed by atoms with E-state index in [2.05, 4.69) is 54.0 Å². The predicted octanol–water partition coefficient (Wildman–Crippen LogP) is 3.31. The van der Waals surface area contributed by atoms with Crippen LogP contribution in [0.25, 0.3) is 0 Å². The van der Waals surface area contributed by atoms with Crippen molar-refractivity contribution < 1.29 is 0 Å². The number of thiophene rings is 1. The zero-order chi connectivity index (χ0) is 14.2. The number of imidazole rings is 1. The molecule has 2 aromatic heterocycles.